The van der Waals surface area contributed by atoms with Crippen molar-refractivity contribution in [2.45, 2.75) is 6.54 Å². The SMILES string of the molecule is O=[N+]([O-])c1ccc(NCc2cc3ccccc3o2)cc1F. The van der Waals surface area contributed by atoms with Gasteiger partial charge in [0.25, 0.3) is 0 Å². The van der Waals surface area contributed by atoms with Gasteiger partial charge in [-0.05, 0) is 18.2 Å². The minimum Gasteiger partial charge on any atom is -0.459 e. The van der Waals surface area contributed by atoms with Crippen LogP contribution in [0.5, 0.6) is 0 Å². The molecule has 0 amide bonds. The van der Waals surface area contributed by atoms with Crippen molar-refractivity contribution in [3.63, 3.8) is 0 Å². The molecule has 0 radical (unpaired) electrons. The quantitative estimate of drug-likeness (QED) is 0.579. The number of furan rings is 1. The number of nitro groups is 1. The minimum atomic E-state index is -0.866. The molecule has 0 fully saturated rings. The molecule has 1 aromatic heterocycles. The average molecular weight is 286 g/mol. The number of hydrogen-bond donors (Lipinski definition) is 1. The van der Waals surface area contributed by atoms with Crippen LogP contribution < -0.4 is 5.32 Å². The molecule has 0 aliphatic heterocycles. The highest BCUT2D eigenvalue weighted by atomic mass is 19.1. The first-order valence-electron chi connectivity index (χ1n) is 6.29. The maximum Gasteiger partial charge on any atom is 0.304 e. The van der Waals surface area contributed by atoms with Crippen LogP contribution in [0.4, 0.5) is 15.8 Å². The Kier molecular flexibility index (Phi) is 3.27. The number of rotatable bonds is 4. The van der Waals surface area contributed by atoms with Crippen LogP contribution in [0, 0.1) is 15.9 Å². The van der Waals surface area contributed by atoms with Gasteiger partial charge in [0.2, 0.25) is 5.82 Å². The van der Waals surface area contributed by atoms with E-state index < -0.39 is 16.4 Å². The smallest absolute Gasteiger partial charge is 0.304 e. The Morgan fingerprint density at radius 2 is 2.00 bits per heavy atom. The second-order valence-corrected chi connectivity index (χ2v) is 4.53. The molecule has 0 spiro atoms. The van der Waals surface area contributed by atoms with Crippen molar-refractivity contribution in [3.8, 4) is 0 Å². The predicted molar refractivity (Wildman–Crippen MR) is 76.6 cm³/mol. The summed E-state index contributed by atoms with van der Waals surface area (Å²) in [5, 5.41) is 14.5. The molecular formula is C15H11FN2O3. The molecule has 21 heavy (non-hydrogen) atoms. The van der Waals surface area contributed by atoms with E-state index in [1.54, 1.807) is 0 Å². The van der Waals surface area contributed by atoms with Gasteiger partial charge in [0, 0.05) is 23.2 Å². The van der Waals surface area contributed by atoms with Gasteiger partial charge in [-0.3, -0.25) is 10.1 Å². The number of nitro benzene ring substituents is 1. The molecule has 2 aromatic carbocycles. The molecule has 6 heteroatoms. The van der Waals surface area contributed by atoms with Gasteiger partial charge in [-0.15, -0.1) is 0 Å². The second-order valence-electron chi connectivity index (χ2n) is 4.53. The lowest BCUT2D eigenvalue weighted by Gasteiger charge is -2.04. The van der Waals surface area contributed by atoms with Gasteiger partial charge >= 0.3 is 5.69 Å². The monoisotopic (exact) mass is 286 g/mol. The summed E-state index contributed by atoms with van der Waals surface area (Å²) in [6.45, 7) is 0.367. The Balaban J connectivity index is 1.75. The molecule has 5 nitrogen and oxygen atoms in total. The molecule has 1 N–H and O–H groups in total. The lowest BCUT2D eigenvalue weighted by atomic mass is 10.2. The fourth-order valence-corrected chi connectivity index (χ4v) is 2.08. The zero-order chi connectivity index (χ0) is 14.8. The summed E-state index contributed by atoms with van der Waals surface area (Å²) in [5.74, 6) is -0.162. The van der Waals surface area contributed by atoms with Crippen molar-refractivity contribution in [2.24, 2.45) is 0 Å². The normalized spacial score (nSPS) is 10.7. The number of anilines is 1. The van der Waals surface area contributed by atoms with Crippen LogP contribution in [0.2, 0.25) is 0 Å². The van der Waals surface area contributed by atoms with Gasteiger partial charge < -0.3 is 9.73 Å². The van der Waals surface area contributed by atoms with Crippen LogP contribution in [-0.2, 0) is 6.54 Å². The Hall–Kier alpha value is -2.89. The molecule has 0 saturated carbocycles. The summed E-state index contributed by atoms with van der Waals surface area (Å²) < 4.78 is 19.1. The van der Waals surface area contributed by atoms with Crippen molar-refractivity contribution in [2.75, 3.05) is 5.32 Å². The predicted octanol–water partition coefficient (Wildman–Crippen LogP) is 4.09. The van der Waals surface area contributed by atoms with Crippen molar-refractivity contribution in [3.05, 3.63) is 70.2 Å². The van der Waals surface area contributed by atoms with E-state index in [0.717, 1.165) is 23.1 Å². The Morgan fingerprint density at radius 1 is 1.19 bits per heavy atom. The number of para-hydroxylation sites is 1. The zero-order valence-electron chi connectivity index (χ0n) is 10.9. The highest BCUT2D eigenvalue weighted by molar-refractivity contribution is 5.77. The summed E-state index contributed by atoms with van der Waals surface area (Å²) in [6.07, 6.45) is 0. The Bertz CT molecular complexity index is 781. The van der Waals surface area contributed by atoms with Crippen molar-refractivity contribution in [1.29, 1.82) is 0 Å². The number of benzene rings is 2. The summed E-state index contributed by atoms with van der Waals surface area (Å²) in [7, 11) is 0. The molecule has 3 aromatic rings. The molecule has 3 rings (SSSR count). The lowest BCUT2D eigenvalue weighted by molar-refractivity contribution is -0.387. The Morgan fingerprint density at radius 3 is 2.71 bits per heavy atom. The highest BCUT2D eigenvalue weighted by Crippen LogP contribution is 2.23. The molecule has 106 valence electrons. The van der Waals surface area contributed by atoms with Crippen LogP contribution >= 0.6 is 0 Å². The van der Waals surface area contributed by atoms with E-state index >= 15 is 0 Å². The van der Waals surface area contributed by atoms with Gasteiger partial charge in [-0.1, -0.05) is 18.2 Å². The molecule has 0 saturated heterocycles. The lowest BCUT2D eigenvalue weighted by Crippen LogP contribution is -2.00. The molecule has 0 aliphatic rings. The van der Waals surface area contributed by atoms with Crippen LogP contribution in [0.15, 0.2) is 52.9 Å². The summed E-state index contributed by atoms with van der Waals surface area (Å²) in [4.78, 5) is 9.79. The van der Waals surface area contributed by atoms with E-state index in [4.69, 9.17) is 4.42 Å². The topological polar surface area (TPSA) is 68.3 Å². The summed E-state index contributed by atoms with van der Waals surface area (Å²) >= 11 is 0. The Labute approximate surface area is 119 Å². The van der Waals surface area contributed by atoms with Crippen molar-refractivity contribution >= 4 is 22.3 Å². The van der Waals surface area contributed by atoms with E-state index in [9.17, 15) is 14.5 Å². The molecule has 0 atom stereocenters. The number of fused-ring (bicyclic) bond motifs is 1. The van der Waals surface area contributed by atoms with Crippen LogP contribution in [0.3, 0.4) is 0 Å². The second kappa shape index (κ2) is 5.24. The molecule has 0 aliphatic carbocycles. The average Bonchev–Trinajstić information content (AvgIpc) is 2.87. The standard InChI is InChI=1S/C15H11FN2O3/c16-13-8-11(5-6-14(13)18(19)20)17-9-12-7-10-3-1-2-4-15(10)21-12/h1-8,17H,9H2. The molecular weight excluding hydrogens is 275 g/mol. The van der Waals surface area contributed by atoms with E-state index in [-0.39, 0.29) is 0 Å². The molecule has 0 unspecified atom stereocenters. The van der Waals surface area contributed by atoms with Crippen molar-refractivity contribution < 1.29 is 13.7 Å². The largest absolute Gasteiger partial charge is 0.459 e. The van der Waals surface area contributed by atoms with E-state index in [2.05, 4.69) is 5.32 Å². The van der Waals surface area contributed by atoms with Crippen LogP contribution in [0.1, 0.15) is 5.76 Å². The molecule has 0 bridgehead atoms. The van der Waals surface area contributed by atoms with Gasteiger partial charge in [0.1, 0.15) is 11.3 Å². The third kappa shape index (κ3) is 2.69. The first kappa shape index (κ1) is 13.1. The first-order chi connectivity index (χ1) is 10.1. The maximum absolute atomic E-state index is 13.5. The fourth-order valence-electron chi connectivity index (χ4n) is 2.08. The molecule has 1 heterocycles. The van der Waals surface area contributed by atoms with Gasteiger partial charge in [-0.25, -0.2) is 0 Å². The van der Waals surface area contributed by atoms with Gasteiger partial charge in [0.05, 0.1) is 11.5 Å². The van der Waals surface area contributed by atoms with E-state index in [0.29, 0.717) is 18.0 Å². The highest BCUT2D eigenvalue weighted by Gasteiger charge is 2.13. The maximum atomic E-state index is 13.5. The summed E-state index contributed by atoms with van der Waals surface area (Å²) in [5.41, 5.74) is 0.701. The number of halogens is 1. The number of nitrogens with zero attached hydrogens (tertiary/aromatic N) is 1. The van der Waals surface area contributed by atoms with E-state index in [1.165, 1.54) is 6.07 Å². The van der Waals surface area contributed by atoms with Gasteiger partial charge in [-0.2, -0.15) is 4.39 Å². The number of nitrogens with one attached hydrogen (secondary N) is 1. The minimum absolute atomic E-state index is 0.367. The fraction of sp³-hybridized carbons (Fsp3) is 0.0667. The van der Waals surface area contributed by atoms with Crippen molar-refractivity contribution in [1.82, 2.24) is 0 Å². The zero-order valence-corrected chi connectivity index (χ0v) is 10.9. The summed E-state index contributed by atoms with van der Waals surface area (Å²) in [6, 6.07) is 13.2. The van der Waals surface area contributed by atoms with Gasteiger partial charge in [0.15, 0.2) is 0 Å². The van der Waals surface area contributed by atoms with E-state index in [1.807, 2.05) is 30.3 Å². The third-order valence-corrected chi connectivity index (χ3v) is 3.09. The third-order valence-electron chi connectivity index (χ3n) is 3.09. The first-order valence-corrected chi connectivity index (χ1v) is 6.29. The number of hydrogen-bond acceptors (Lipinski definition) is 4. The van der Waals surface area contributed by atoms with Crippen LogP contribution in [0.25, 0.3) is 11.0 Å². The van der Waals surface area contributed by atoms with Crippen LogP contribution in [-0.4, -0.2) is 4.92 Å².